The van der Waals surface area contributed by atoms with Crippen LogP contribution < -0.4 is 4.74 Å². The fourth-order valence-electron chi connectivity index (χ4n) is 1.34. The molecule has 1 aliphatic rings. The largest absolute Gasteiger partial charge is 0.485 e. The highest BCUT2D eigenvalue weighted by Gasteiger charge is 2.24. The van der Waals surface area contributed by atoms with E-state index in [2.05, 4.69) is 0 Å². The number of hydrogen-bond acceptors (Lipinski definition) is 2. The lowest BCUT2D eigenvalue weighted by Gasteiger charge is -2.00. The fourth-order valence-corrected chi connectivity index (χ4v) is 1.34. The lowest BCUT2D eigenvalue weighted by atomic mass is 10.1. The van der Waals surface area contributed by atoms with Gasteiger partial charge in [0.2, 0.25) is 5.78 Å². The number of halogens is 1. The molecule has 0 atom stereocenters. The molecule has 0 radical (unpaired) electrons. The van der Waals surface area contributed by atoms with E-state index in [4.69, 9.17) is 4.74 Å². The SMILES string of the molecule is Cc1c(F)ccc2c1C(=O)CO2. The molecule has 0 saturated carbocycles. The van der Waals surface area contributed by atoms with Crippen LogP contribution in [-0.4, -0.2) is 12.4 Å². The van der Waals surface area contributed by atoms with Gasteiger partial charge in [0.15, 0.2) is 6.61 Å². The molecule has 3 heteroatoms. The molecule has 1 aromatic rings. The van der Waals surface area contributed by atoms with E-state index in [0.717, 1.165) is 0 Å². The van der Waals surface area contributed by atoms with E-state index >= 15 is 0 Å². The Balaban J connectivity index is 2.71. The highest BCUT2D eigenvalue weighted by atomic mass is 19.1. The zero-order valence-electron chi connectivity index (χ0n) is 6.56. The first kappa shape index (κ1) is 7.28. The Kier molecular flexibility index (Phi) is 1.40. The Morgan fingerprint density at radius 3 is 3.00 bits per heavy atom. The quantitative estimate of drug-likeness (QED) is 0.586. The van der Waals surface area contributed by atoms with E-state index in [1.165, 1.54) is 12.1 Å². The first-order valence-corrected chi connectivity index (χ1v) is 3.65. The van der Waals surface area contributed by atoms with Crippen LogP contribution in [-0.2, 0) is 0 Å². The molecule has 2 nitrogen and oxygen atoms in total. The number of ether oxygens (including phenoxy) is 1. The van der Waals surface area contributed by atoms with Crippen molar-refractivity contribution in [2.24, 2.45) is 0 Å². The second kappa shape index (κ2) is 2.30. The summed E-state index contributed by atoms with van der Waals surface area (Å²) in [5.74, 6) is 0.00787. The molecule has 2 rings (SSSR count). The van der Waals surface area contributed by atoms with Gasteiger partial charge in [-0.2, -0.15) is 0 Å². The van der Waals surface area contributed by atoms with E-state index < -0.39 is 0 Å². The third-order valence-corrected chi connectivity index (χ3v) is 2.00. The zero-order valence-corrected chi connectivity index (χ0v) is 6.56. The molecule has 0 amide bonds. The minimum atomic E-state index is -0.354. The summed E-state index contributed by atoms with van der Waals surface area (Å²) in [7, 11) is 0. The van der Waals surface area contributed by atoms with Gasteiger partial charge in [-0.25, -0.2) is 4.39 Å². The van der Waals surface area contributed by atoms with Crippen molar-refractivity contribution in [3.05, 3.63) is 29.1 Å². The number of Topliss-reactive ketones (excluding diaryl/α,β-unsaturated/α-hetero) is 1. The average Bonchev–Trinajstić information content (AvgIpc) is 2.41. The van der Waals surface area contributed by atoms with Crippen molar-refractivity contribution in [2.75, 3.05) is 6.61 Å². The van der Waals surface area contributed by atoms with Crippen LogP contribution in [0.2, 0.25) is 0 Å². The van der Waals surface area contributed by atoms with E-state index in [9.17, 15) is 9.18 Å². The summed E-state index contributed by atoms with van der Waals surface area (Å²) in [5.41, 5.74) is 0.782. The van der Waals surface area contributed by atoms with E-state index in [1.807, 2.05) is 0 Å². The standard InChI is InChI=1S/C9H7FO2/c1-5-6(10)2-3-8-9(5)7(11)4-12-8/h2-3H,4H2,1H3. The Morgan fingerprint density at radius 1 is 1.50 bits per heavy atom. The molecule has 12 heavy (non-hydrogen) atoms. The van der Waals surface area contributed by atoms with E-state index in [1.54, 1.807) is 6.92 Å². The number of fused-ring (bicyclic) bond motifs is 1. The zero-order chi connectivity index (χ0) is 8.72. The number of hydrogen-bond donors (Lipinski definition) is 0. The maximum atomic E-state index is 12.9. The van der Waals surface area contributed by atoms with Crippen molar-refractivity contribution >= 4 is 5.78 Å². The highest BCUT2D eigenvalue weighted by Crippen LogP contribution is 2.29. The van der Waals surface area contributed by atoms with Crippen LogP contribution in [0.5, 0.6) is 5.75 Å². The number of benzene rings is 1. The van der Waals surface area contributed by atoms with E-state index in [-0.39, 0.29) is 18.2 Å². The molecule has 1 aliphatic heterocycles. The van der Waals surface area contributed by atoms with Gasteiger partial charge in [0, 0.05) is 0 Å². The van der Waals surface area contributed by atoms with Gasteiger partial charge in [-0.1, -0.05) is 0 Å². The smallest absolute Gasteiger partial charge is 0.204 e. The number of carbonyl (C=O) groups excluding carboxylic acids is 1. The van der Waals surface area contributed by atoms with Crippen molar-refractivity contribution in [3.63, 3.8) is 0 Å². The van der Waals surface area contributed by atoms with Crippen molar-refractivity contribution in [3.8, 4) is 5.75 Å². The molecule has 0 fully saturated rings. The minimum absolute atomic E-state index is 0.0413. The molecular formula is C9H7FO2. The fraction of sp³-hybridized carbons (Fsp3) is 0.222. The molecule has 62 valence electrons. The van der Waals surface area contributed by atoms with Gasteiger partial charge in [0.05, 0.1) is 5.56 Å². The van der Waals surface area contributed by atoms with Crippen molar-refractivity contribution in [2.45, 2.75) is 6.92 Å². The maximum absolute atomic E-state index is 12.9. The highest BCUT2D eigenvalue weighted by molar-refractivity contribution is 6.03. The normalized spacial score (nSPS) is 14.3. The molecule has 0 saturated heterocycles. The topological polar surface area (TPSA) is 26.3 Å². The van der Waals surface area contributed by atoms with Gasteiger partial charge < -0.3 is 4.74 Å². The van der Waals surface area contributed by atoms with Gasteiger partial charge >= 0.3 is 0 Å². The predicted octanol–water partition coefficient (Wildman–Crippen LogP) is 1.71. The Morgan fingerprint density at radius 2 is 2.25 bits per heavy atom. The summed E-state index contributed by atoms with van der Waals surface area (Å²) in [6.45, 7) is 1.63. The second-order valence-corrected chi connectivity index (χ2v) is 2.76. The number of ketones is 1. The van der Waals surface area contributed by atoms with Gasteiger partial charge in [0.1, 0.15) is 11.6 Å². The van der Waals surface area contributed by atoms with Crippen molar-refractivity contribution in [1.29, 1.82) is 0 Å². The Hall–Kier alpha value is -1.38. The van der Waals surface area contributed by atoms with Gasteiger partial charge in [0.25, 0.3) is 0 Å². The molecule has 1 heterocycles. The van der Waals surface area contributed by atoms with Crippen LogP contribution in [0.3, 0.4) is 0 Å². The lowest BCUT2D eigenvalue weighted by Crippen LogP contribution is -2.01. The summed E-state index contributed by atoms with van der Waals surface area (Å²) in [4.78, 5) is 11.1. The molecule has 0 aliphatic carbocycles. The average molecular weight is 166 g/mol. The van der Waals surface area contributed by atoms with Crippen molar-refractivity contribution < 1.29 is 13.9 Å². The van der Waals surface area contributed by atoms with Crippen LogP contribution in [0.25, 0.3) is 0 Å². The molecule has 0 N–H and O–H groups in total. The minimum Gasteiger partial charge on any atom is -0.485 e. The Bertz CT molecular complexity index is 358. The van der Waals surface area contributed by atoms with Gasteiger partial charge in [-0.15, -0.1) is 0 Å². The second-order valence-electron chi connectivity index (χ2n) is 2.76. The third kappa shape index (κ3) is 0.826. The van der Waals surface area contributed by atoms with Crippen LogP contribution in [0.4, 0.5) is 4.39 Å². The van der Waals surface area contributed by atoms with Crippen LogP contribution in [0.1, 0.15) is 15.9 Å². The maximum Gasteiger partial charge on any atom is 0.204 e. The summed E-state index contributed by atoms with van der Waals surface area (Å²) >= 11 is 0. The molecule has 0 bridgehead atoms. The predicted molar refractivity (Wildman–Crippen MR) is 41.0 cm³/mol. The van der Waals surface area contributed by atoms with E-state index in [0.29, 0.717) is 16.9 Å². The third-order valence-electron chi connectivity index (χ3n) is 2.00. The number of carbonyl (C=O) groups is 1. The molecule has 0 spiro atoms. The Labute approximate surface area is 69.0 Å². The summed E-state index contributed by atoms with van der Waals surface area (Å²) in [6, 6.07) is 2.80. The molecule has 0 aromatic heterocycles. The molecular weight excluding hydrogens is 159 g/mol. The van der Waals surface area contributed by atoms with Crippen LogP contribution >= 0.6 is 0 Å². The molecule has 1 aromatic carbocycles. The van der Waals surface area contributed by atoms with Crippen molar-refractivity contribution in [1.82, 2.24) is 0 Å². The van der Waals surface area contributed by atoms with Gasteiger partial charge in [-0.05, 0) is 24.6 Å². The lowest BCUT2D eigenvalue weighted by molar-refractivity contribution is 0.0960. The summed E-state index contributed by atoms with van der Waals surface area (Å²) in [6.07, 6.45) is 0. The number of rotatable bonds is 0. The summed E-state index contributed by atoms with van der Waals surface area (Å²) in [5, 5.41) is 0. The van der Waals surface area contributed by atoms with Gasteiger partial charge in [-0.3, -0.25) is 4.79 Å². The first-order valence-electron chi connectivity index (χ1n) is 3.65. The van der Waals surface area contributed by atoms with Crippen LogP contribution in [0, 0.1) is 12.7 Å². The monoisotopic (exact) mass is 166 g/mol. The summed E-state index contributed by atoms with van der Waals surface area (Å²) < 4.78 is 18.0. The molecule has 0 unspecified atom stereocenters. The van der Waals surface area contributed by atoms with Crippen LogP contribution in [0.15, 0.2) is 12.1 Å². The first-order chi connectivity index (χ1) is 5.70.